The largest absolute Gasteiger partial charge is 0.265 e. The molecule has 0 heterocycles. The Morgan fingerprint density at radius 3 is 2.27 bits per heavy atom. The van der Waals surface area contributed by atoms with Gasteiger partial charge in [0.2, 0.25) is 6.54 Å². The summed E-state index contributed by atoms with van der Waals surface area (Å²) in [5, 5.41) is 10.7. The summed E-state index contributed by atoms with van der Waals surface area (Å²) in [6, 6.07) is 9.70. The molecule has 0 radical (unpaired) electrons. The fourth-order valence-corrected chi connectivity index (χ4v) is 1.69. The smallest absolute Gasteiger partial charge is 0.213 e. The van der Waals surface area contributed by atoms with Gasteiger partial charge in [-0.2, -0.15) is 0 Å². The lowest BCUT2D eigenvalue weighted by atomic mass is 9.73. The topological polar surface area (TPSA) is 43.1 Å². The average Bonchev–Trinajstić information content (AvgIpc) is 2.17. The first kappa shape index (κ1) is 11.7. The molecule has 0 aliphatic rings. The Morgan fingerprint density at radius 1 is 1.33 bits per heavy atom. The normalized spacial score (nSPS) is 14.9. The van der Waals surface area contributed by atoms with Gasteiger partial charge < -0.3 is 0 Å². The molecule has 0 spiro atoms. The highest BCUT2D eigenvalue weighted by Crippen LogP contribution is 2.31. The summed E-state index contributed by atoms with van der Waals surface area (Å²) in [7, 11) is 0. The summed E-state index contributed by atoms with van der Waals surface area (Å²) in [5.74, 6) is 0.241. The molecular formula is C12H17NO2. The van der Waals surface area contributed by atoms with Crippen LogP contribution in [0.5, 0.6) is 0 Å². The average molecular weight is 207 g/mol. The second-order valence-electron chi connectivity index (χ2n) is 4.43. The molecule has 0 N–H and O–H groups in total. The Morgan fingerprint density at radius 2 is 1.87 bits per heavy atom. The van der Waals surface area contributed by atoms with Crippen molar-refractivity contribution in [1.82, 2.24) is 0 Å². The fraction of sp³-hybridized carbons (Fsp3) is 0.500. The molecule has 0 aliphatic carbocycles. The minimum Gasteiger partial charge on any atom is -0.265 e. The quantitative estimate of drug-likeness (QED) is 0.562. The lowest BCUT2D eigenvalue weighted by Gasteiger charge is -2.30. The summed E-state index contributed by atoms with van der Waals surface area (Å²) in [6.07, 6.45) is 0. The van der Waals surface area contributed by atoms with E-state index in [9.17, 15) is 10.1 Å². The molecule has 0 amide bonds. The Balaban J connectivity index is 3.07. The molecule has 1 atom stereocenters. The minimum atomic E-state index is -0.384. The Bertz CT molecular complexity index is 335. The molecule has 3 heteroatoms. The van der Waals surface area contributed by atoms with Crippen LogP contribution in [0.15, 0.2) is 30.3 Å². The van der Waals surface area contributed by atoms with Crippen LogP contribution in [-0.4, -0.2) is 11.5 Å². The molecule has 0 saturated carbocycles. The number of nitro groups is 1. The van der Waals surface area contributed by atoms with E-state index in [0.29, 0.717) is 0 Å². The van der Waals surface area contributed by atoms with Gasteiger partial charge in [-0.05, 0) is 18.4 Å². The molecule has 0 aromatic heterocycles. The molecule has 0 fully saturated rings. The summed E-state index contributed by atoms with van der Waals surface area (Å²) in [6.45, 7) is 5.98. The van der Waals surface area contributed by atoms with E-state index in [1.165, 1.54) is 0 Å². The zero-order chi connectivity index (χ0) is 11.5. The van der Waals surface area contributed by atoms with Crippen LogP contribution >= 0.6 is 0 Å². The maximum Gasteiger partial charge on any atom is 0.213 e. The SMILES string of the molecule is CC(C)[C@@](C)(C[N+](=O)[O-])c1ccccc1. The van der Waals surface area contributed by atoms with Crippen molar-refractivity contribution in [2.75, 3.05) is 6.54 Å². The first-order chi connectivity index (χ1) is 6.97. The second-order valence-corrected chi connectivity index (χ2v) is 4.43. The van der Waals surface area contributed by atoms with Crippen molar-refractivity contribution in [2.24, 2.45) is 5.92 Å². The van der Waals surface area contributed by atoms with Gasteiger partial charge in [0.05, 0.1) is 5.41 Å². The molecule has 0 saturated heterocycles. The van der Waals surface area contributed by atoms with E-state index < -0.39 is 0 Å². The van der Waals surface area contributed by atoms with Gasteiger partial charge in [0, 0.05) is 4.92 Å². The van der Waals surface area contributed by atoms with Gasteiger partial charge in [-0.25, -0.2) is 0 Å². The summed E-state index contributed by atoms with van der Waals surface area (Å²) in [5.41, 5.74) is 0.654. The molecular weight excluding hydrogens is 190 g/mol. The highest BCUT2D eigenvalue weighted by atomic mass is 16.6. The predicted octanol–water partition coefficient (Wildman–Crippen LogP) is 2.88. The number of rotatable bonds is 4. The standard InChI is InChI=1S/C12H17NO2/c1-10(2)12(3,9-13(14)15)11-7-5-4-6-8-11/h4-8,10H,9H2,1-3H3/t12-/m1/s1. The molecule has 15 heavy (non-hydrogen) atoms. The molecule has 1 rings (SSSR count). The maximum absolute atomic E-state index is 10.7. The summed E-state index contributed by atoms with van der Waals surface area (Å²) < 4.78 is 0. The number of hydrogen-bond acceptors (Lipinski definition) is 2. The van der Waals surface area contributed by atoms with E-state index >= 15 is 0 Å². The molecule has 0 aliphatic heterocycles. The molecule has 1 aromatic carbocycles. The summed E-state index contributed by atoms with van der Waals surface area (Å²) in [4.78, 5) is 10.5. The fourth-order valence-electron chi connectivity index (χ4n) is 1.69. The van der Waals surface area contributed by atoms with E-state index in [2.05, 4.69) is 0 Å². The Labute approximate surface area is 90.3 Å². The summed E-state index contributed by atoms with van der Waals surface area (Å²) >= 11 is 0. The first-order valence-electron chi connectivity index (χ1n) is 5.14. The molecule has 1 aromatic rings. The molecule has 3 nitrogen and oxygen atoms in total. The maximum atomic E-state index is 10.7. The third-order valence-electron chi connectivity index (χ3n) is 3.17. The van der Waals surface area contributed by atoms with Crippen molar-refractivity contribution >= 4 is 0 Å². The van der Waals surface area contributed by atoms with Gasteiger partial charge in [0.15, 0.2) is 0 Å². The van der Waals surface area contributed by atoms with Crippen LogP contribution in [-0.2, 0) is 5.41 Å². The predicted molar refractivity (Wildman–Crippen MR) is 60.5 cm³/mol. The van der Waals surface area contributed by atoms with E-state index in [1.54, 1.807) is 0 Å². The zero-order valence-electron chi connectivity index (χ0n) is 9.43. The highest BCUT2D eigenvalue weighted by Gasteiger charge is 2.35. The van der Waals surface area contributed by atoms with Crippen molar-refractivity contribution in [3.63, 3.8) is 0 Å². The van der Waals surface area contributed by atoms with Crippen LogP contribution in [0.2, 0.25) is 0 Å². The van der Waals surface area contributed by atoms with Crippen LogP contribution in [0.25, 0.3) is 0 Å². The van der Waals surface area contributed by atoms with Crippen molar-refractivity contribution in [1.29, 1.82) is 0 Å². The highest BCUT2D eigenvalue weighted by molar-refractivity contribution is 5.25. The monoisotopic (exact) mass is 207 g/mol. The number of benzene rings is 1. The van der Waals surface area contributed by atoms with Gasteiger partial charge in [0.1, 0.15) is 0 Å². The third kappa shape index (κ3) is 2.55. The van der Waals surface area contributed by atoms with Crippen molar-refractivity contribution < 1.29 is 4.92 Å². The lowest BCUT2D eigenvalue weighted by Crippen LogP contribution is -2.36. The van der Waals surface area contributed by atoms with Crippen LogP contribution in [0.4, 0.5) is 0 Å². The Kier molecular flexibility index (Phi) is 3.45. The Hall–Kier alpha value is -1.38. The van der Waals surface area contributed by atoms with Crippen molar-refractivity contribution in [3.8, 4) is 0 Å². The molecule has 82 valence electrons. The van der Waals surface area contributed by atoms with Crippen LogP contribution < -0.4 is 0 Å². The van der Waals surface area contributed by atoms with Gasteiger partial charge in [-0.15, -0.1) is 0 Å². The van der Waals surface area contributed by atoms with Crippen molar-refractivity contribution in [3.05, 3.63) is 46.0 Å². The van der Waals surface area contributed by atoms with E-state index in [0.717, 1.165) is 5.56 Å². The van der Waals surface area contributed by atoms with Crippen LogP contribution in [0, 0.1) is 16.0 Å². The van der Waals surface area contributed by atoms with E-state index in [-0.39, 0.29) is 22.8 Å². The van der Waals surface area contributed by atoms with E-state index in [1.807, 2.05) is 51.1 Å². The van der Waals surface area contributed by atoms with Gasteiger partial charge in [-0.1, -0.05) is 44.2 Å². The first-order valence-corrected chi connectivity index (χ1v) is 5.14. The van der Waals surface area contributed by atoms with Gasteiger partial charge >= 0.3 is 0 Å². The van der Waals surface area contributed by atoms with Gasteiger partial charge in [-0.3, -0.25) is 10.1 Å². The van der Waals surface area contributed by atoms with Gasteiger partial charge in [0.25, 0.3) is 0 Å². The third-order valence-corrected chi connectivity index (χ3v) is 3.17. The van der Waals surface area contributed by atoms with E-state index in [4.69, 9.17) is 0 Å². The lowest BCUT2D eigenvalue weighted by molar-refractivity contribution is -0.492. The molecule has 0 bridgehead atoms. The minimum absolute atomic E-state index is 0.0192. The number of hydrogen-bond donors (Lipinski definition) is 0. The molecule has 0 unspecified atom stereocenters. The second kappa shape index (κ2) is 4.43. The van der Waals surface area contributed by atoms with Crippen molar-refractivity contribution in [2.45, 2.75) is 26.2 Å². The van der Waals surface area contributed by atoms with Crippen LogP contribution in [0.3, 0.4) is 0 Å². The zero-order valence-corrected chi connectivity index (χ0v) is 9.43. The number of nitrogens with zero attached hydrogens (tertiary/aromatic N) is 1. The van der Waals surface area contributed by atoms with Crippen LogP contribution in [0.1, 0.15) is 26.3 Å².